The zero-order chi connectivity index (χ0) is 2.71. The molecule has 0 saturated heterocycles. The average Bonchev–Trinajstić information content (AvgIpc) is 0.918. The van der Waals surface area contributed by atoms with Crippen molar-refractivity contribution in [2.45, 2.75) is 0 Å². The average molecular weight is 92.0 g/mol. The van der Waals surface area contributed by atoms with Gasteiger partial charge in [-0.05, 0) is 0 Å². The van der Waals surface area contributed by atoms with Gasteiger partial charge >= 0.3 is 59.1 Å². The van der Waals surface area contributed by atoms with Crippen LogP contribution in [0.15, 0.2) is 12.8 Å². The number of rotatable bonds is 0. The number of aliphatic hydroxyl groups excluding tert-OH is 1. The molecule has 0 amide bonds. The van der Waals surface area contributed by atoms with Gasteiger partial charge in [-0.3, -0.25) is 0 Å². The van der Waals surface area contributed by atoms with Gasteiger partial charge in [-0.15, -0.1) is 0 Å². The van der Waals surface area contributed by atoms with Crippen molar-refractivity contribution in [3.05, 3.63) is 12.8 Å². The molecule has 0 saturated carbocycles. The van der Waals surface area contributed by atoms with Gasteiger partial charge in [-0.25, -0.2) is 0 Å². The summed E-state index contributed by atoms with van der Waals surface area (Å²) in [5.41, 5.74) is 0. The number of hydrogen-bond acceptors (Lipinski definition) is 1. The first-order valence-corrected chi connectivity index (χ1v) is 0.666. The monoisotopic (exact) mass is 92.0 g/mol. The van der Waals surface area contributed by atoms with Crippen LogP contribution in [0.5, 0.6) is 0 Å². The molecule has 22 valence electrons. The first-order valence-electron chi connectivity index (χ1n) is 0.666. The third-order valence-corrected chi connectivity index (χ3v) is 0. The molecule has 0 aliphatic carbocycles. The van der Waals surface area contributed by atoms with E-state index in [1.165, 1.54) is 0 Å². The summed E-state index contributed by atoms with van der Waals surface area (Å²) in [6, 6.07) is 0. The van der Waals surface area contributed by atoms with E-state index in [0.717, 1.165) is 6.26 Å². The van der Waals surface area contributed by atoms with E-state index in [0.29, 0.717) is 0 Å². The molecule has 0 unspecified atom stereocenters. The van der Waals surface area contributed by atoms with E-state index in [1.54, 1.807) is 0 Å². The van der Waals surface area contributed by atoms with Gasteiger partial charge in [-0.1, -0.05) is 6.58 Å². The second-order valence-corrected chi connectivity index (χ2v) is 0.183. The third kappa shape index (κ3) is 29.3. The van der Waals surface area contributed by atoms with Gasteiger partial charge in [0.25, 0.3) is 0 Å². The van der Waals surface area contributed by atoms with Crippen molar-refractivity contribution in [2.24, 2.45) is 0 Å². The maximum absolute atomic E-state index is 7.33. The molecular formula is C2H6Na2O. The fourth-order valence-corrected chi connectivity index (χ4v) is 0. The second-order valence-electron chi connectivity index (χ2n) is 0.183. The van der Waals surface area contributed by atoms with Gasteiger partial charge in [0.2, 0.25) is 0 Å². The number of hydrogen-bond donors (Lipinski definition) is 1. The zero-order valence-corrected chi connectivity index (χ0v) is 1.73. The molecule has 3 heteroatoms. The summed E-state index contributed by atoms with van der Waals surface area (Å²) >= 11 is 0. The van der Waals surface area contributed by atoms with Crippen LogP contribution in [-0.2, 0) is 0 Å². The standard InChI is InChI=1S/C2H4O.2Na.2H/c1-2-3;;;;/h2-3H,1H2;;;;. The SMILES string of the molecule is C=CO.[NaH].[NaH]. The molecule has 0 rings (SSSR count). The molecule has 0 bridgehead atoms. The quantitative estimate of drug-likeness (QED) is 0.312. The van der Waals surface area contributed by atoms with E-state index in [4.69, 9.17) is 5.11 Å². The third-order valence-electron chi connectivity index (χ3n) is 0. The van der Waals surface area contributed by atoms with Gasteiger partial charge < -0.3 is 5.11 Å². The van der Waals surface area contributed by atoms with E-state index in [9.17, 15) is 0 Å². The van der Waals surface area contributed by atoms with Gasteiger partial charge in [0.15, 0.2) is 0 Å². The minimum atomic E-state index is 0. The Kier molecular flexibility index (Phi) is 56.7. The Morgan fingerprint density at radius 2 is 1.40 bits per heavy atom. The Labute approximate surface area is 76.0 Å². The first-order chi connectivity index (χ1) is 1.41. The summed E-state index contributed by atoms with van der Waals surface area (Å²) in [5, 5.41) is 7.33. The summed E-state index contributed by atoms with van der Waals surface area (Å²) in [4.78, 5) is 0. The van der Waals surface area contributed by atoms with Gasteiger partial charge in [0.1, 0.15) is 0 Å². The summed E-state index contributed by atoms with van der Waals surface area (Å²) in [6.45, 7) is 2.92. The van der Waals surface area contributed by atoms with Crippen LogP contribution >= 0.6 is 0 Å². The van der Waals surface area contributed by atoms with Crippen LogP contribution in [0.3, 0.4) is 0 Å². The van der Waals surface area contributed by atoms with Crippen LogP contribution in [0.1, 0.15) is 0 Å². The molecule has 0 aliphatic rings. The first kappa shape index (κ1) is 16.0. The van der Waals surface area contributed by atoms with E-state index in [2.05, 4.69) is 6.58 Å². The Morgan fingerprint density at radius 1 is 1.40 bits per heavy atom. The summed E-state index contributed by atoms with van der Waals surface area (Å²) in [7, 11) is 0. The van der Waals surface area contributed by atoms with Crippen LogP contribution in [0.4, 0.5) is 0 Å². The Morgan fingerprint density at radius 3 is 1.40 bits per heavy atom. The molecule has 0 aromatic rings. The van der Waals surface area contributed by atoms with Crippen LogP contribution in [-0.4, -0.2) is 64.2 Å². The Balaban J connectivity index is -0.0000000200. The molecule has 1 nitrogen and oxygen atoms in total. The second kappa shape index (κ2) is 17.7. The molecule has 0 fully saturated rings. The van der Waals surface area contributed by atoms with Gasteiger partial charge in [0, 0.05) is 0 Å². The summed E-state index contributed by atoms with van der Waals surface area (Å²) < 4.78 is 0. The zero-order valence-electron chi connectivity index (χ0n) is 1.73. The fourth-order valence-electron chi connectivity index (χ4n) is 0. The van der Waals surface area contributed by atoms with Crippen molar-refractivity contribution >= 4 is 59.1 Å². The molecule has 0 radical (unpaired) electrons. The normalized spacial score (nSPS) is 2.40. The van der Waals surface area contributed by atoms with Crippen molar-refractivity contribution in [3.63, 3.8) is 0 Å². The van der Waals surface area contributed by atoms with Crippen molar-refractivity contribution in [1.29, 1.82) is 0 Å². The molecule has 5 heavy (non-hydrogen) atoms. The summed E-state index contributed by atoms with van der Waals surface area (Å²) in [6.07, 6.45) is 0.750. The minimum absolute atomic E-state index is 0. The predicted octanol–water partition coefficient (Wildman–Crippen LogP) is -0.609. The molecular weight excluding hydrogens is 86.0 g/mol. The van der Waals surface area contributed by atoms with Crippen molar-refractivity contribution in [2.75, 3.05) is 0 Å². The molecule has 0 aliphatic heterocycles. The molecule has 0 aromatic heterocycles. The van der Waals surface area contributed by atoms with E-state index >= 15 is 0 Å². The van der Waals surface area contributed by atoms with Crippen LogP contribution in [0.2, 0.25) is 0 Å². The molecule has 0 heterocycles. The van der Waals surface area contributed by atoms with Crippen molar-refractivity contribution in [3.8, 4) is 0 Å². The summed E-state index contributed by atoms with van der Waals surface area (Å²) in [5.74, 6) is 0. The van der Waals surface area contributed by atoms with E-state index < -0.39 is 0 Å². The Hall–Kier alpha value is 1.54. The molecule has 1 N–H and O–H groups in total. The topological polar surface area (TPSA) is 20.2 Å². The van der Waals surface area contributed by atoms with Crippen molar-refractivity contribution < 1.29 is 5.11 Å². The van der Waals surface area contributed by atoms with Crippen LogP contribution < -0.4 is 0 Å². The van der Waals surface area contributed by atoms with Crippen LogP contribution in [0.25, 0.3) is 0 Å². The Bertz CT molecular complexity index is 15.1. The van der Waals surface area contributed by atoms with E-state index in [-0.39, 0.29) is 59.1 Å². The molecule has 0 aromatic carbocycles. The fraction of sp³-hybridized carbons (Fsp3) is 0. The molecule has 0 spiro atoms. The van der Waals surface area contributed by atoms with Gasteiger partial charge in [0.05, 0.1) is 6.26 Å². The molecule has 0 atom stereocenters. The van der Waals surface area contributed by atoms with Crippen LogP contribution in [0, 0.1) is 0 Å². The van der Waals surface area contributed by atoms with Gasteiger partial charge in [-0.2, -0.15) is 0 Å². The predicted molar refractivity (Wildman–Crippen MR) is 27.1 cm³/mol. The number of aliphatic hydroxyl groups is 1. The maximum atomic E-state index is 7.33. The van der Waals surface area contributed by atoms with Crippen molar-refractivity contribution in [1.82, 2.24) is 0 Å². The van der Waals surface area contributed by atoms with E-state index in [1.807, 2.05) is 0 Å².